The molecule has 1 fully saturated rings. The summed E-state index contributed by atoms with van der Waals surface area (Å²) in [5, 5.41) is 3.59. The molecule has 0 radical (unpaired) electrons. The van der Waals surface area contributed by atoms with E-state index in [-0.39, 0.29) is 0 Å². The maximum absolute atomic E-state index is 4.60. The molecule has 0 aromatic carbocycles. The molecule has 0 aliphatic heterocycles. The van der Waals surface area contributed by atoms with Crippen molar-refractivity contribution < 1.29 is 0 Å². The van der Waals surface area contributed by atoms with Crippen LogP contribution in [0.25, 0.3) is 0 Å². The van der Waals surface area contributed by atoms with Crippen molar-refractivity contribution in [2.24, 2.45) is 5.92 Å². The Morgan fingerprint density at radius 1 is 1.41 bits per heavy atom. The molecule has 2 rings (SSSR count). The van der Waals surface area contributed by atoms with Gasteiger partial charge in [-0.1, -0.05) is 32.8 Å². The minimum atomic E-state index is 0.455. The smallest absolute Gasteiger partial charge is 0.0604 e. The van der Waals surface area contributed by atoms with Crippen LogP contribution in [0.15, 0.2) is 18.3 Å². The predicted octanol–water partition coefficient (Wildman–Crippen LogP) is 3.48. The second-order valence-corrected chi connectivity index (χ2v) is 5.03. The highest BCUT2D eigenvalue weighted by Gasteiger charge is 2.23. The van der Waals surface area contributed by atoms with Gasteiger partial charge in [-0.15, -0.1) is 0 Å². The SMILES string of the molecule is CCNC(CCC1CC1)c1ncccc1CC. The largest absolute Gasteiger partial charge is 0.309 e. The monoisotopic (exact) mass is 232 g/mol. The highest BCUT2D eigenvalue weighted by Crippen LogP contribution is 2.36. The van der Waals surface area contributed by atoms with Crippen molar-refractivity contribution in [3.63, 3.8) is 0 Å². The van der Waals surface area contributed by atoms with Crippen LogP contribution in [-0.4, -0.2) is 11.5 Å². The van der Waals surface area contributed by atoms with E-state index in [4.69, 9.17) is 0 Å². The highest BCUT2D eigenvalue weighted by molar-refractivity contribution is 5.22. The van der Waals surface area contributed by atoms with Gasteiger partial charge >= 0.3 is 0 Å². The van der Waals surface area contributed by atoms with Crippen LogP contribution in [0.5, 0.6) is 0 Å². The second kappa shape index (κ2) is 6.15. The lowest BCUT2D eigenvalue weighted by molar-refractivity contribution is 0.469. The van der Waals surface area contributed by atoms with E-state index < -0.39 is 0 Å². The lowest BCUT2D eigenvalue weighted by Gasteiger charge is -2.19. The summed E-state index contributed by atoms with van der Waals surface area (Å²) in [6.07, 6.45) is 8.49. The van der Waals surface area contributed by atoms with Gasteiger partial charge < -0.3 is 5.32 Å². The van der Waals surface area contributed by atoms with Gasteiger partial charge in [0, 0.05) is 12.2 Å². The van der Waals surface area contributed by atoms with Crippen molar-refractivity contribution in [2.45, 2.75) is 52.0 Å². The number of nitrogens with zero attached hydrogens (tertiary/aromatic N) is 1. The Morgan fingerprint density at radius 3 is 2.88 bits per heavy atom. The van der Waals surface area contributed by atoms with E-state index in [1.165, 1.54) is 36.9 Å². The first-order chi connectivity index (χ1) is 8.35. The van der Waals surface area contributed by atoms with Crippen LogP contribution in [0.3, 0.4) is 0 Å². The Morgan fingerprint density at radius 2 is 2.24 bits per heavy atom. The standard InChI is InChI=1S/C15H24N2/c1-3-13-6-5-11-17-15(13)14(16-4-2)10-9-12-7-8-12/h5-6,11-12,14,16H,3-4,7-10H2,1-2H3. The molecule has 1 aliphatic carbocycles. The number of nitrogens with one attached hydrogen (secondary N) is 1. The molecule has 1 unspecified atom stereocenters. The fourth-order valence-electron chi connectivity index (χ4n) is 2.45. The van der Waals surface area contributed by atoms with Gasteiger partial charge in [-0.05, 0) is 43.4 Å². The molecular formula is C15H24N2. The van der Waals surface area contributed by atoms with E-state index in [2.05, 4.69) is 30.2 Å². The van der Waals surface area contributed by atoms with Crippen LogP contribution in [0.2, 0.25) is 0 Å². The second-order valence-electron chi connectivity index (χ2n) is 5.03. The van der Waals surface area contributed by atoms with Gasteiger partial charge in [-0.3, -0.25) is 4.98 Å². The third-order valence-corrected chi connectivity index (χ3v) is 3.65. The van der Waals surface area contributed by atoms with Crippen molar-refractivity contribution in [2.75, 3.05) is 6.54 Å². The molecule has 1 aromatic heterocycles. The lowest BCUT2D eigenvalue weighted by Crippen LogP contribution is -2.23. The van der Waals surface area contributed by atoms with Gasteiger partial charge in [0.15, 0.2) is 0 Å². The molecule has 1 N–H and O–H groups in total. The summed E-state index contributed by atoms with van der Waals surface area (Å²) in [6.45, 7) is 5.41. The third-order valence-electron chi connectivity index (χ3n) is 3.65. The fraction of sp³-hybridized carbons (Fsp3) is 0.667. The molecule has 1 atom stereocenters. The van der Waals surface area contributed by atoms with E-state index in [0.717, 1.165) is 18.9 Å². The first-order valence-electron chi connectivity index (χ1n) is 7.02. The Kier molecular flexibility index (Phi) is 4.55. The summed E-state index contributed by atoms with van der Waals surface area (Å²) in [5.41, 5.74) is 2.67. The van der Waals surface area contributed by atoms with Gasteiger partial charge in [-0.25, -0.2) is 0 Å². The van der Waals surface area contributed by atoms with Crippen LogP contribution >= 0.6 is 0 Å². The van der Waals surface area contributed by atoms with Gasteiger partial charge in [0.1, 0.15) is 0 Å². The van der Waals surface area contributed by atoms with Crippen molar-refractivity contribution in [3.8, 4) is 0 Å². The number of hydrogen-bond acceptors (Lipinski definition) is 2. The molecule has 2 nitrogen and oxygen atoms in total. The van der Waals surface area contributed by atoms with Crippen LogP contribution in [0, 0.1) is 5.92 Å². The first-order valence-corrected chi connectivity index (χ1v) is 7.02. The van der Waals surface area contributed by atoms with Crippen LogP contribution in [0.4, 0.5) is 0 Å². The maximum atomic E-state index is 4.60. The number of rotatable bonds is 7. The van der Waals surface area contributed by atoms with Crippen LogP contribution < -0.4 is 5.32 Å². The minimum absolute atomic E-state index is 0.455. The molecule has 1 saturated carbocycles. The van der Waals surface area contributed by atoms with Crippen LogP contribution in [-0.2, 0) is 6.42 Å². The fourth-order valence-corrected chi connectivity index (χ4v) is 2.45. The Balaban J connectivity index is 2.05. The molecule has 1 aromatic rings. The van der Waals surface area contributed by atoms with Crippen molar-refractivity contribution in [1.29, 1.82) is 0 Å². The Hall–Kier alpha value is -0.890. The summed E-state index contributed by atoms with van der Waals surface area (Å²) >= 11 is 0. The number of hydrogen-bond donors (Lipinski definition) is 1. The molecule has 1 heterocycles. The Labute approximate surface area is 105 Å². The molecular weight excluding hydrogens is 208 g/mol. The van der Waals surface area contributed by atoms with Gasteiger partial charge in [0.05, 0.1) is 5.69 Å². The summed E-state index contributed by atoms with van der Waals surface area (Å²) in [7, 11) is 0. The van der Waals surface area contributed by atoms with Crippen LogP contribution in [0.1, 0.15) is 56.8 Å². The third kappa shape index (κ3) is 3.53. The van der Waals surface area contributed by atoms with Crippen molar-refractivity contribution >= 4 is 0 Å². The molecule has 0 spiro atoms. The minimum Gasteiger partial charge on any atom is -0.309 e. The van der Waals surface area contributed by atoms with E-state index in [0.29, 0.717) is 6.04 Å². The maximum Gasteiger partial charge on any atom is 0.0604 e. The average Bonchev–Trinajstić information content (AvgIpc) is 3.18. The van der Waals surface area contributed by atoms with E-state index >= 15 is 0 Å². The quantitative estimate of drug-likeness (QED) is 0.778. The molecule has 94 valence electrons. The predicted molar refractivity (Wildman–Crippen MR) is 72.0 cm³/mol. The molecule has 17 heavy (non-hydrogen) atoms. The van der Waals surface area contributed by atoms with E-state index in [1.54, 1.807) is 0 Å². The van der Waals surface area contributed by atoms with Gasteiger partial charge in [-0.2, -0.15) is 0 Å². The number of aryl methyl sites for hydroxylation is 1. The van der Waals surface area contributed by atoms with Crippen molar-refractivity contribution in [1.82, 2.24) is 10.3 Å². The van der Waals surface area contributed by atoms with E-state index in [1.807, 2.05) is 12.3 Å². The topological polar surface area (TPSA) is 24.9 Å². The number of aromatic nitrogens is 1. The summed E-state index contributed by atoms with van der Waals surface area (Å²) in [6, 6.07) is 4.72. The normalized spacial score (nSPS) is 17.1. The average molecular weight is 232 g/mol. The lowest BCUT2D eigenvalue weighted by atomic mass is 9.99. The van der Waals surface area contributed by atoms with Gasteiger partial charge in [0.25, 0.3) is 0 Å². The van der Waals surface area contributed by atoms with E-state index in [9.17, 15) is 0 Å². The molecule has 0 bridgehead atoms. The summed E-state index contributed by atoms with van der Waals surface area (Å²) in [4.78, 5) is 4.60. The summed E-state index contributed by atoms with van der Waals surface area (Å²) < 4.78 is 0. The summed E-state index contributed by atoms with van der Waals surface area (Å²) in [5.74, 6) is 1.00. The first kappa shape index (κ1) is 12.6. The molecule has 0 saturated heterocycles. The zero-order valence-electron chi connectivity index (χ0n) is 11.1. The molecule has 1 aliphatic rings. The zero-order chi connectivity index (χ0) is 12.1. The van der Waals surface area contributed by atoms with Gasteiger partial charge in [0.2, 0.25) is 0 Å². The zero-order valence-corrected chi connectivity index (χ0v) is 11.1. The molecule has 2 heteroatoms. The van der Waals surface area contributed by atoms with Crippen molar-refractivity contribution in [3.05, 3.63) is 29.6 Å². The Bertz CT molecular complexity index is 345. The number of pyridine rings is 1. The highest BCUT2D eigenvalue weighted by atomic mass is 14.9. The molecule has 0 amide bonds.